The first-order chi connectivity index (χ1) is 8.59. The molecule has 5 nitrogen and oxygen atoms in total. The molecule has 98 valence electrons. The normalized spacial score (nSPS) is 23.7. The molecular weight excluding hydrogens is 256 g/mol. The summed E-state index contributed by atoms with van der Waals surface area (Å²) in [6.07, 6.45) is 0.838. The van der Waals surface area contributed by atoms with Crippen LogP contribution in [0.5, 0.6) is 0 Å². The fraction of sp³-hybridized carbons (Fsp3) is 0.500. The number of hydrogen-bond donors (Lipinski definition) is 1. The third-order valence-electron chi connectivity index (χ3n) is 3.15. The molecule has 1 saturated heterocycles. The molecule has 0 radical (unpaired) electrons. The SMILES string of the molecule is CC1COCCC1Nc1cccc(Cl)c1[N+](=O)[O-]. The summed E-state index contributed by atoms with van der Waals surface area (Å²) in [4.78, 5) is 10.6. The highest BCUT2D eigenvalue weighted by Crippen LogP contribution is 2.33. The zero-order valence-corrected chi connectivity index (χ0v) is 10.8. The van der Waals surface area contributed by atoms with Crippen LogP contribution >= 0.6 is 11.6 Å². The molecule has 2 atom stereocenters. The van der Waals surface area contributed by atoms with E-state index in [1.165, 1.54) is 6.07 Å². The third kappa shape index (κ3) is 2.73. The molecule has 1 aliphatic rings. The minimum atomic E-state index is -0.450. The predicted molar refractivity (Wildman–Crippen MR) is 70.1 cm³/mol. The van der Waals surface area contributed by atoms with Crippen LogP contribution in [0, 0.1) is 16.0 Å². The highest BCUT2D eigenvalue weighted by atomic mass is 35.5. The molecule has 1 fully saturated rings. The molecule has 1 N–H and O–H groups in total. The average molecular weight is 271 g/mol. The lowest BCUT2D eigenvalue weighted by Crippen LogP contribution is -2.36. The lowest BCUT2D eigenvalue weighted by atomic mass is 9.97. The number of nitrogens with one attached hydrogen (secondary N) is 1. The molecular formula is C12H15ClN2O3. The standard InChI is InChI=1S/C12H15ClN2O3/c1-8-7-18-6-5-10(8)14-11-4-2-3-9(13)12(11)15(16)17/h2-4,8,10,14H,5-7H2,1H3. The Balaban J connectivity index is 2.23. The van der Waals surface area contributed by atoms with Crippen LogP contribution in [0.15, 0.2) is 18.2 Å². The number of rotatable bonds is 3. The van der Waals surface area contributed by atoms with Gasteiger partial charge in [0.2, 0.25) is 0 Å². The van der Waals surface area contributed by atoms with Crippen molar-refractivity contribution in [3.05, 3.63) is 33.3 Å². The fourth-order valence-electron chi connectivity index (χ4n) is 2.11. The number of halogens is 1. The topological polar surface area (TPSA) is 64.4 Å². The number of ether oxygens (including phenoxy) is 1. The van der Waals surface area contributed by atoms with E-state index in [0.29, 0.717) is 24.8 Å². The quantitative estimate of drug-likeness (QED) is 0.677. The van der Waals surface area contributed by atoms with Crippen LogP contribution in [-0.4, -0.2) is 24.2 Å². The molecule has 2 rings (SSSR count). The number of benzene rings is 1. The summed E-state index contributed by atoms with van der Waals surface area (Å²) in [5, 5.41) is 14.4. The second kappa shape index (κ2) is 5.54. The summed E-state index contributed by atoms with van der Waals surface area (Å²) < 4.78 is 5.35. The van der Waals surface area contributed by atoms with E-state index < -0.39 is 4.92 Å². The summed E-state index contributed by atoms with van der Waals surface area (Å²) in [7, 11) is 0. The van der Waals surface area contributed by atoms with Gasteiger partial charge in [-0.1, -0.05) is 24.6 Å². The first-order valence-corrected chi connectivity index (χ1v) is 6.24. The van der Waals surface area contributed by atoms with Crippen LogP contribution in [0.4, 0.5) is 11.4 Å². The predicted octanol–water partition coefficient (Wildman–Crippen LogP) is 3.09. The molecule has 1 aromatic carbocycles. The summed E-state index contributed by atoms with van der Waals surface area (Å²) >= 11 is 5.87. The van der Waals surface area contributed by atoms with Gasteiger partial charge in [0.15, 0.2) is 0 Å². The Morgan fingerprint density at radius 1 is 1.56 bits per heavy atom. The van der Waals surface area contributed by atoms with Crippen molar-refractivity contribution in [2.24, 2.45) is 5.92 Å². The van der Waals surface area contributed by atoms with E-state index in [1.807, 2.05) is 0 Å². The fourth-order valence-corrected chi connectivity index (χ4v) is 2.36. The number of nitrogens with zero attached hydrogens (tertiary/aromatic N) is 1. The van der Waals surface area contributed by atoms with Gasteiger partial charge in [-0.15, -0.1) is 0 Å². The first kappa shape index (κ1) is 13.1. The summed E-state index contributed by atoms with van der Waals surface area (Å²) in [5.74, 6) is 0.317. The van der Waals surface area contributed by atoms with Crippen LogP contribution in [-0.2, 0) is 4.74 Å². The lowest BCUT2D eigenvalue weighted by molar-refractivity contribution is -0.383. The van der Waals surface area contributed by atoms with Crippen molar-refractivity contribution in [2.45, 2.75) is 19.4 Å². The molecule has 6 heteroatoms. The van der Waals surface area contributed by atoms with Crippen LogP contribution in [0.3, 0.4) is 0 Å². The van der Waals surface area contributed by atoms with Crippen molar-refractivity contribution in [1.29, 1.82) is 0 Å². The molecule has 1 aromatic rings. The monoisotopic (exact) mass is 270 g/mol. The molecule has 0 aliphatic carbocycles. The maximum Gasteiger partial charge on any atom is 0.310 e. The number of nitro groups is 1. The summed E-state index contributed by atoms with van der Waals surface area (Å²) in [6, 6.07) is 5.10. The smallest absolute Gasteiger partial charge is 0.310 e. The van der Waals surface area contributed by atoms with Crippen molar-refractivity contribution < 1.29 is 9.66 Å². The number of anilines is 1. The molecule has 0 spiro atoms. The van der Waals surface area contributed by atoms with E-state index in [9.17, 15) is 10.1 Å². The second-order valence-electron chi connectivity index (χ2n) is 4.48. The van der Waals surface area contributed by atoms with Gasteiger partial charge in [0.1, 0.15) is 10.7 Å². The Hall–Kier alpha value is -1.33. The van der Waals surface area contributed by atoms with Gasteiger partial charge in [0.05, 0.1) is 11.5 Å². The van der Waals surface area contributed by atoms with Gasteiger partial charge >= 0.3 is 5.69 Å². The van der Waals surface area contributed by atoms with Crippen LogP contribution in [0.1, 0.15) is 13.3 Å². The van der Waals surface area contributed by atoms with Gasteiger partial charge in [0, 0.05) is 12.6 Å². The number of nitro benzene ring substituents is 1. The van der Waals surface area contributed by atoms with E-state index >= 15 is 0 Å². The Bertz CT molecular complexity index is 453. The highest BCUT2D eigenvalue weighted by Gasteiger charge is 2.25. The van der Waals surface area contributed by atoms with Gasteiger partial charge in [-0.05, 0) is 24.5 Å². The summed E-state index contributed by atoms with van der Waals surface area (Å²) in [5.41, 5.74) is 0.420. The second-order valence-corrected chi connectivity index (χ2v) is 4.89. The molecule has 18 heavy (non-hydrogen) atoms. The van der Waals surface area contributed by atoms with Gasteiger partial charge < -0.3 is 10.1 Å². The van der Waals surface area contributed by atoms with Gasteiger partial charge in [-0.3, -0.25) is 10.1 Å². The highest BCUT2D eigenvalue weighted by molar-refractivity contribution is 6.33. The molecule has 2 unspecified atom stereocenters. The van der Waals surface area contributed by atoms with Gasteiger partial charge in [0.25, 0.3) is 0 Å². The minimum absolute atomic E-state index is 0.0575. The van der Waals surface area contributed by atoms with Crippen molar-refractivity contribution in [1.82, 2.24) is 0 Å². The van der Waals surface area contributed by atoms with Gasteiger partial charge in [-0.2, -0.15) is 0 Å². The molecule has 0 aromatic heterocycles. The lowest BCUT2D eigenvalue weighted by Gasteiger charge is -2.30. The van der Waals surface area contributed by atoms with Gasteiger partial charge in [-0.25, -0.2) is 0 Å². The molecule has 0 saturated carbocycles. The van der Waals surface area contributed by atoms with E-state index in [4.69, 9.17) is 16.3 Å². The van der Waals surface area contributed by atoms with E-state index in [2.05, 4.69) is 12.2 Å². The van der Waals surface area contributed by atoms with Crippen LogP contribution < -0.4 is 5.32 Å². The van der Waals surface area contributed by atoms with Crippen molar-refractivity contribution in [2.75, 3.05) is 18.5 Å². The number of hydrogen-bond acceptors (Lipinski definition) is 4. The molecule has 0 bridgehead atoms. The Morgan fingerprint density at radius 3 is 3.00 bits per heavy atom. The van der Waals surface area contributed by atoms with E-state index in [-0.39, 0.29) is 16.8 Å². The Labute approximate surface area is 110 Å². The maximum atomic E-state index is 11.0. The zero-order valence-electron chi connectivity index (χ0n) is 10.1. The Morgan fingerprint density at radius 2 is 2.33 bits per heavy atom. The van der Waals surface area contributed by atoms with Crippen molar-refractivity contribution in [3.8, 4) is 0 Å². The molecule has 1 aliphatic heterocycles. The van der Waals surface area contributed by atoms with Crippen molar-refractivity contribution >= 4 is 23.0 Å². The molecule has 0 amide bonds. The van der Waals surface area contributed by atoms with Crippen LogP contribution in [0.2, 0.25) is 5.02 Å². The maximum absolute atomic E-state index is 11.0. The van der Waals surface area contributed by atoms with Crippen molar-refractivity contribution in [3.63, 3.8) is 0 Å². The average Bonchev–Trinajstić information content (AvgIpc) is 2.31. The first-order valence-electron chi connectivity index (χ1n) is 5.86. The summed E-state index contributed by atoms with van der Waals surface area (Å²) in [6.45, 7) is 3.41. The van der Waals surface area contributed by atoms with E-state index in [1.54, 1.807) is 12.1 Å². The number of para-hydroxylation sites is 1. The molecule has 1 heterocycles. The minimum Gasteiger partial charge on any atom is -0.381 e. The third-order valence-corrected chi connectivity index (χ3v) is 3.46. The Kier molecular flexibility index (Phi) is 4.04. The zero-order chi connectivity index (χ0) is 13.1. The largest absolute Gasteiger partial charge is 0.381 e. The van der Waals surface area contributed by atoms with Crippen LogP contribution in [0.25, 0.3) is 0 Å². The van der Waals surface area contributed by atoms with E-state index in [0.717, 1.165) is 6.42 Å².